The maximum atomic E-state index is 12.8. The lowest BCUT2D eigenvalue weighted by molar-refractivity contribution is 0.0981. The third-order valence-electron chi connectivity index (χ3n) is 5.39. The van der Waals surface area contributed by atoms with Gasteiger partial charge in [0.2, 0.25) is 0 Å². The summed E-state index contributed by atoms with van der Waals surface area (Å²) < 4.78 is 29.1. The predicted octanol–water partition coefficient (Wildman–Crippen LogP) is 5.46. The first kappa shape index (κ1) is 21.9. The van der Waals surface area contributed by atoms with Crippen LogP contribution in [-0.2, 0) is 10.0 Å². The van der Waals surface area contributed by atoms with Crippen LogP contribution in [0.1, 0.15) is 10.4 Å². The van der Waals surface area contributed by atoms with Gasteiger partial charge in [-0.05, 0) is 65.7 Å². The summed E-state index contributed by atoms with van der Waals surface area (Å²) in [4.78, 5) is 17.2. The summed E-state index contributed by atoms with van der Waals surface area (Å²) in [5.74, 6) is -0.714. The van der Waals surface area contributed by atoms with Crippen LogP contribution in [0.25, 0.3) is 27.8 Å². The number of hydrogen-bond acceptors (Lipinski definition) is 4. The van der Waals surface area contributed by atoms with Gasteiger partial charge in [-0.1, -0.05) is 54.1 Å². The van der Waals surface area contributed by atoms with Crippen LogP contribution in [0.4, 0.5) is 0 Å². The van der Waals surface area contributed by atoms with Gasteiger partial charge in [0.15, 0.2) is 0 Å². The van der Waals surface area contributed by atoms with Gasteiger partial charge in [0.05, 0.1) is 15.9 Å². The zero-order chi connectivity index (χ0) is 23.7. The van der Waals surface area contributed by atoms with E-state index < -0.39 is 15.9 Å². The molecule has 0 radical (unpaired) electrons. The largest absolute Gasteiger partial charge is 0.299 e. The van der Waals surface area contributed by atoms with Gasteiger partial charge in [-0.3, -0.25) is 9.36 Å². The maximum absolute atomic E-state index is 12.8. The van der Waals surface area contributed by atoms with Crippen LogP contribution in [-0.4, -0.2) is 23.9 Å². The van der Waals surface area contributed by atoms with Crippen LogP contribution in [0.5, 0.6) is 0 Å². The van der Waals surface area contributed by atoms with Crippen molar-refractivity contribution in [1.82, 2.24) is 14.3 Å². The Balaban J connectivity index is 1.49. The Morgan fingerprint density at radius 2 is 1.59 bits per heavy atom. The Morgan fingerprint density at radius 1 is 0.824 bits per heavy atom. The lowest BCUT2D eigenvalue weighted by atomic mass is 10.1. The number of nitrogens with zero attached hydrogens (tertiary/aromatic N) is 2. The van der Waals surface area contributed by atoms with Gasteiger partial charge >= 0.3 is 0 Å². The molecule has 0 saturated heterocycles. The molecule has 1 heterocycles. The highest BCUT2D eigenvalue weighted by molar-refractivity contribution is 7.90. The third-order valence-corrected chi connectivity index (χ3v) is 6.99. The number of sulfonamides is 1. The van der Waals surface area contributed by atoms with E-state index in [1.54, 1.807) is 42.7 Å². The van der Waals surface area contributed by atoms with E-state index in [0.717, 1.165) is 16.8 Å². The number of carbonyl (C=O) groups is 1. The van der Waals surface area contributed by atoms with Crippen molar-refractivity contribution in [1.29, 1.82) is 0 Å². The van der Waals surface area contributed by atoms with Crippen molar-refractivity contribution in [2.75, 3.05) is 0 Å². The average Bonchev–Trinajstić information content (AvgIpc) is 3.28. The average molecular weight is 488 g/mol. The number of aromatic nitrogens is 2. The molecular weight excluding hydrogens is 470 g/mol. The van der Waals surface area contributed by atoms with Gasteiger partial charge in [-0.25, -0.2) is 18.1 Å². The molecule has 0 aliphatic heterocycles. The summed E-state index contributed by atoms with van der Waals surface area (Å²) in [5, 5.41) is 0.667. The van der Waals surface area contributed by atoms with E-state index in [9.17, 15) is 13.2 Å². The van der Waals surface area contributed by atoms with E-state index in [1.165, 1.54) is 12.1 Å². The van der Waals surface area contributed by atoms with E-state index in [-0.39, 0.29) is 10.5 Å². The lowest BCUT2D eigenvalue weighted by Gasteiger charge is -2.09. The highest BCUT2D eigenvalue weighted by Gasteiger charge is 2.19. The Bertz CT molecular complexity index is 1610. The van der Waals surface area contributed by atoms with E-state index in [0.29, 0.717) is 16.1 Å². The summed E-state index contributed by atoms with van der Waals surface area (Å²) >= 11 is 6.01. The van der Waals surface area contributed by atoms with Gasteiger partial charge in [0, 0.05) is 16.3 Å². The minimum absolute atomic E-state index is 0.0217. The molecule has 34 heavy (non-hydrogen) atoms. The third kappa shape index (κ3) is 4.31. The molecule has 0 unspecified atom stereocenters. The fourth-order valence-corrected chi connectivity index (χ4v) is 4.79. The summed E-state index contributed by atoms with van der Waals surface area (Å²) in [7, 11) is -3.98. The number of fused-ring (bicyclic) bond motifs is 1. The molecule has 8 heteroatoms. The van der Waals surface area contributed by atoms with Crippen LogP contribution in [0.15, 0.2) is 108 Å². The van der Waals surface area contributed by atoms with Crippen molar-refractivity contribution in [3.63, 3.8) is 0 Å². The fraction of sp³-hybridized carbons (Fsp3) is 0. The molecule has 5 aromatic rings. The Labute approximate surface area is 201 Å². The molecule has 5 rings (SSSR count). The topological polar surface area (TPSA) is 81.1 Å². The number of nitrogens with one attached hydrogen (secondary N) is 1. The van der Waals surface area contributed by atoms with E-state index in [2.05, 4.69) is 9.71 Å². The van der Waals surface area contributed by atoms with Crippen LogP contribution in [0.2, 0.25) is 5.02 Å². The minimum atomic E-state index is -3.98. The minimum Gasteiger partial charge on any atom is -0.299 e. The fourth-order valence-electron chi connectivity index (χ4n) is 3.67. The molecule has 4 aromatic carbocycles. The van der Waals surface area contributed by atoms with Crippen molar-refractivity contribution in [2.45, 2.75) is 4.90 Å². The molecular formula is C26H18ClN3O3S. The SMILES string of the molecule is O=C(NS(=O)(=O)c1ccccc1)c1ccc2ncn(-c3cccc(-c4ccc(Cl)cc4)c3)c2c1. The van der Waals surface area contributed by atoms with E-state index in [1.807, 2.05) is 53.1 Å². The predicted molar refractivity (Wildman–Crippen MR) is 133 cm³/mol. The van der Waals surface area contributed by atoms with Crippen molar-refractivity contribution in [2.24, 2.45) is 0 Å². The second-order valence-electron chi connectivity index (χ2n) is 7.62. The highest BCUT2D eigenvalue weighted by Crippen LogP contribution is 2.26. The molecule has 0 spiro atoms. The first-order valence-corrected chi connectivity index (χ1v) is 12.2. The first-order valence-electron chi connectivity index (χ1n) is 10.4. The number of carbonyl (C=O) groups excluding carboxylic acids is 1. The molecule has 1 amide bonds. The van der Waals surface area contributed by atoms with Crippen LogP contribution in [0, 0.1) is 0 Å². The summed E-state index contributed by atoms with van der Waals surface area (Å²) in [6, 6.07) is 28.1. The molecule has 0 fully saturated rings. The molecule has 0 bridgehead atoms. The zero-order valence-corrected chi connectivity index (χ0v) is 19.3. The van der Waals surface area contributed by atoms with E-state index >= 15 is 0 Å². The normalized spacial score (nSPS) is 11.4. The smallest absolute Gasteiger partial charge is 0.265 e. The number of halogens is 1. The van der Waals surface area contributed by atoms with E-state index in [4.69, 9.17) is 11.6 Å². The summed E-state index contributed by atoms with van der Waals surface area (Å²) in [6.45, 7) is 0. The van der Waals surface area contributed by atoms with Crippen molar-refractivity contribution < 1.29 is 13.2 Å². The molecule has 0 aliphatic rings. The van der Waals surface area contributed by atoms with Gasteiger partial charge in [-0.15, -0.1) is 0 Å². The number of hydrogen-bond donors (Lipinski definition) is 1. The number of amides is 1. The molecule has 1 aromatic heterocycles. The lowest BCUT2D eigenvalue weighted by Crippen LogP contribution is -2.30. The standard InChI is InChI=1S/C26H18ClN3O3S/c27-21-12-9-18(10-13-21)19-5-4-6-22(15-19)30-17-28-24-14-11-20(16-25(24)30)26(31)29-34(32,33)23-7-2-1-3-8-23/h1-17H,(H,29,31). The summed E-state index contributed by atoms with van der Waals surface area (Å²) in [6.07, 6.45) is 1.67. The zero-order valence-electron chi connectivity index (χ0n) is 17.7. The second-order valence-corrected chi connectivity index (χ2v) is 9.74. The number of imidazole rings is 1. The number of rotatable bonds is 5. The second kappa shape index (κ2) is 8.78. The molecule has 0 aliphatic carbocycles. The van der Waals surface area contributed by atoms with Gasteiger partial charge in [-0.2, -0.15) is 0 Å². The molecule has 168 valence electrons. The number of benzene rings is 4. The van der Waals surface area contributed by atoms with Crippen LogP contribution < -0.4 is 4.72 Å². The monoisotopic (exact) mass is 487 g/mol. The van der Waals surface area contributed by atoms with Crippen LogP contribution in [0.3, 0.4) is 0 Å². The van der Waals surface area contributed by atoms with Gasteiger partial charge in [0.25, 0.3) is 15.9 Å². The quantitative estimate of drug-likeness (QED) is 0.356. The van der Waals surface area contributed by atoms with Gasteiger partial charge in [0.1, 0.15) is 6.33 Å². The molecule has 1 N–H and O–H groups in total. The van der Waals surface area contributed by atoms with Gasteiger partial charge < -0.3 is 0 Å². The van der Waals surface area contributed by atoms with Crippen molar-refractivity contribution in [3.05, 3.63) is 114 Å². The molecule has 0 atom stereocenters. The highest BCUT2D eigenvalue weighted by atomic mass is 35.5. The molecule has 0 saturated carbocycles. The Morgan fingerprint density at radius 3 is 2.35 bits per heavy atom. The Hall–Kier alpha value is -3.94. The van der Waals surface area contributed by atoms with Crippen molar-refractivity contribution in [3.8, 4) is 16.8 Å². The Kier molecular flexibility index (Phi) is 5.65. The van der Waals surface area contributed by atoms with Crippen LogP contribution >= 0.6 is 11.6 Å². The summed E-state index contributed by atoms with van der Waals surface area (Å²) in [5.41, 5.74) is 4.44. The maximum Gasteiger partial charge on any atom is 0.265 e. The molecule has 6 nitrogen and oxygen atoms in total. The van der Waals surface area contributed by atoms with Crippen molar-refractivity contribution >= 4 is 38.6 Å². The first-order chi connectivity index (χ1) is 16.4.